The minimum absolute atomic E-state index is 0.152. The van der Waals surface area contributed by atoms with Gasteiger partial charge in [-0.1, -0.05) is 6.07 Å². The maximum absolute atomic E-state index is 11.4. The summed E-state index contributed by atoms with van der Waals surface area (Å²) in [6.07, 6.45) is 0. The van der Waals surface area contributed by atoms with Gasteiger partial charge < -0.3 is 16.4 Å². The molecule has 0 unspecified atom stereocenters. The molecule has 0 bridgehead atoms. The number of benzene rings is 1. The third-order valence-corrected chi connectivity index (χ3v) is 2.97. The molecule has 6 N–H and O–H groups in total. The van der Waals surface area contributed by atoms with Gasteiger partial charge >= 0.3 is 11.8 Å². The van der Waals surface area contributed by atoms with Crippen molar-refractivity contribution >= 4 is 27.5 Å². The Morgan fingerprint density at radius 3 is 2.47 bits per heavy atom. The first-order valence-corrected chi connectivity index (χ1v) is 6.81. The largest absolute Gasteiger partial charge is 0.347 e. The van der Waals surface area contributed by atoms with Crippen LogP contribution in [0.15, 0.2) is 29.2 Å². The summed E-state index contributed by atoms with van der Waals surface area (Å²) < 4.78 is 22.2. The van der Waals surface area contributed by atoms with Crippen molar-refractivity contribution in [3.63, 3.8) is 0 Å². The van der Waals surface area contributed by atoms with E-state index in [9.17, 15) is 18.0 Å². The summed E-state index contributed by atoms with van der Waals surface area (Å²) in [4.78, 5) is 22.5. The molecular weight excluding hydrogens is 272 g/mol. The smallest absolute Gasteiger partial charge is 0.313 e. The molecule has 0 spiro atoms. The van der Waals surface area contributed by atoms with Gasteiger partial charge in [-0.15, -0.1) is 0 Å². The molecule has 0 saturated heterocycles. The number of rotatable bonds is 4. The van der Waals surface area contributed by atoms with Crippen molar-refractivity contribution in [3.05, 3.63) is 24.3 Å². The normalized spacial score (nSPS) is 10.8. The molecular formula is C10H14N4O4S. The van der Waals surface area contributed by atoms with Crippen molar-refractivity contribution in [3.8, 4) is 0 Å². The van der Waals surface area contributed by atoms with E-state index < -0.39 is 21.8 Å². The number of hydrogen-bond acceptors (Lipinski definition) is 5. The summed E-state index contributed by atoms with van der Waals surface area (Å²) in [5, 5.41) is 9.48. The highest BCUT2D eigenvalue weighted by atomic mass is 32.2. The first kappa shape index (κ1) is 15.1. The second-order valence-electron chi connectivity index (χ2n) is 3.57. The Morgan fingerprint density at radius 1 is 1.21 bits per heavy atom. The fourth-order valence-electron chi connectivity index (χ4n) is 1.20. The zero-order valence-electron chi connectivity index (χ0n) is 9.92. The van der Waals surface area contributed by atoms with Crippen LogP contribution in [0.1, 0.15) is 0 Å². The lowest BCUT2D eigenvalue weighted by molar-refractivity contribution is -0.136. The Balaban J connectivity index is 2.78. The highest BCUT2D eigenvalue weighted by molar-refractivity contribution is 7.89. The summed E-state index contributed by atoms with van der Waals surface area (Å²) in [7, 11) is -3.86. The van der Waals surface area contributed by atoms with Crippen molar-refractivity contribution < 1.29 is 18.0 Å². The van der Waals surface area contributed by atoms with Gasteiger partial charge in [0.1, 0.15) is 0 Å². The van der Waals surface area contributed by atoms with E-state index in [0.29, 0.717) is 0 Å². The van der Waals surface area contributed by atoms with Gasteiger partial charge in [-0.2, -0.15) is 0 Å². The van der Waals surface area contributed by atoms with E-state index in [1.807, 2.05) is 0 Å². The number of nitrogens with one attached hydrogen (secondary N) is 2. The second kappa shape index (κ2) is 6.27. The number of carbonyl (C=O) groups is 2. The Bertz CT molecular complexity index is 585. The number of nitrogens with two attached hydrogens (primary N) is 2. The third kappa shape index (κ3) is 4.66. The maximum Gasteiger partial charge on any atom is 0.313 e. The van der Waals surface area contributed by atoms with E-state index in [2.05, 4.69) is 10.6 Å². The molecule has 0 aliphatic heterocycles. The van der Waals surface area contributed by atoms with Gasteiger partial charge in [0.15, 0.2) is 0 Å². The molecule has 0 aromatic heterocycles. The van der Waals surface area contributed by atoms with Crippen LogP contribution in [0, 0.1) is 0 Å². The molecule has 1 aromatic carbocycles. The molecule has 1 aromatic rings. The van der Waals surface area contributed by atoms with Crippen LogP contribution in [0.4, 0.5) is 5.69 Å². The summed E-state index contributed by atoms with van der Waals surface area (Å²) in [6.45, 7) is 0.378. The molecule has 2 amide bonds. The van der Waals surface area contributed by atoms with E-state index in [0.717, 1.165) is 6.07 Å². The summed E-state index contributed by atoms with van der Waals surface area (Å²) in [5.74, 6) is -1.77. The molecule has 19 heavy (non-hydrogen) atoms. The van der Waals surface area contributed by atoms with Crippen LogP contribution in [0.2, 0.25) is 0 Å². The summed E-state index contributed by atoms with van der Waals surface area (Å²) in [6, 6.07) is 5.26. The number of sulfonamides is 1. The Hall–Kier alpha value is -1.97. The molecule has 1 rings (SSSR count). The minimum Gasteiger partial charge on any atom is -0.347 e. The zero-order chi connectivity index (χ0) is 14.5. The molecule has 0 radical (unpaired) electrons. The van der Waals surface area contributed by atoms with Crippen molar-refractivity contribution in [2.45, 2.75) is 4.90 Å². The molecule has 104 valence electrons. The van der Waals surface area contributed by atoms with Crippen LogP contribution in [0.3, 0.4) is 0 Å². The van der Waals surface area contributed by atoms with Gasteiger partial charge in [0.2, 0.25) is 10.0 Å². The topological polar surface area (TPSA) is 144 Å². The minimum atomic E-state index is -3.86. The van der Waals surface area contributed by atoms with E-state index in [1.165, 1.54) is 18.2 Å². The quantitative estimate of drug-likeness (QED) is 0.490. The van der Waals surface area contributed by atoms with Crippen LogP contribution < -0.4 is 21.5 Å². The van der Waals surface area contributed by atoms with Crippen molar-refractivity contribution in [2.75, 3.05) is 18.4 Å². The highest BCUT2D eigenvalue weighted by Gasteiger charge is 2.14. The maximum atomic E-state index is 11.4. The second-order valence-corrected chi connectivity index (χ2v) is 5.13. The average Bonchev–Trinajstić information content (AvgIpc) is 2.35. The van der Waals surface area contributed by atoms with Crippen molar-refractivity contribution in [1.29, 1.82) is 0 Å². The van der Waals surface area contributed by atoms with Gasteiger partial charge in [-0.25, -0.2) is 13.6 Å². The molecule has 0 aliphatic carbocycles. The first-order valence-electron chi connectivity index (χ1n) is 5.26. The number of anilines is 1. The summed E-state index contributed by atoms with van der Waals surface area (Å²) in [5.41, 5.74) is 5.32. The highest BCUT2D eigenvalue weighted by Crippen LogP contribution is 2.13. The van der Waals surface area contributed by atoms with E-state index >= 15 is 0 Å². The van der Waals surface area contributed by atoms with E-state index in [4.69, 9.17) is 10.9 Å². The fraction of sp³-hybridized carbons (Fsp3) is 0.200. The number of carbonyl (C=O) groups excluding carboxylic acids is 2. The number of hydrogen-bond donors (Lipinski definition) is 4. The van der Waals surface area contributed by atoms with Gasteiger partial charge in [0, 0.05) is 18.8 Å². The number of amides is 2. The van der Waals surface area contributed by atoms with Crippen molar-refractivity contribution in [1.82, 2.24) is 5.32 Å². The Morgan fingerprint density at radius 2 is 1.89 bits per heavy atom. The standard InChI is InChI=1S/C10H14N4O4S/c11-4-5-13-9(15)10(16)14-7-2-1-3-8(6-7)19(12,17)18/h1-3,6H,4-5,11H2,(H,13,15)(H,14,16)(H2,12,17,18). The van der Waals surface area contributed by atoms with E-state index in [-0.39, 0.29) is 23.7 Å². The van der Waals surface area contributed by atoms with Gasteiger partial charge in [0.25, 0.3) is 0 Å². The van der Waals surface area contributed by atoms with Gasteiger partial charge in [-0.3, -0.25) is 9.59 Å². The first-order chi connectivity index (χ1) is 8.84. The van der Waals surface area contributed by atoms with Gasteiger partial charge in [0.05, 0.1) is 4.90 Å². The molecule has 0 fully saturated rings. The van der Waals surface area contributed by atoms with Gasteiger partial charge in [-0.05, 0) is 18.2 Å². The monoisotopic (exact) mass is 286 g/mol. The molecule has 0 saturated carbocycles. The predicted molar refractivity (Wildman–Crippen MR) is 68.5 cm³/mol. The molecule has 0 atom stereocenters. The lowest BCUT2D eigenvalue weighted by Gasteiger charge is -2.06. The van der Waals surface area contributed by atoms with Crippen LogP contribution >= 0.6 is 0 Å². The fourth-order valence-corrected chi connectivity index (χ4v) is 1.76. The zero-order valence-corrected chi connectivity index (χ0v) is 10.7. The lowest BCUT2D eigenvalue weighted by Crippen LogP contribution is -2.38. The molecule has 0 heterocycles. The van der Waals surface area contributed by atoms with Crippen LogP contribution in [0.25, 0.3) is 0 Å². The lowest BCUT2D eigenvalue weighted by atomic mass is 10.3. The van der Waals surface area contributed by atoms with Crippen LogP contribution in [0.5, 0.6) is 0 Å². The van der Waals surface area contributed by atoms with E-state index in [1.54, 1.807) is 0 Å². The predicted octanol–water partition coefficient (Wildman–Crippen LogP) is -1.65. The average molecular weight is 286 g/mol. The third-order valence-electron chi connectivity index (χ3n) is 2.06. The molecule has 8 nitrogen and oxygen atoms in total. The van der Waals surface area contributed by atoms with Crippen LogP contribution in [-0.4, -0.2) is 33.3 Å². The number of primary sulfonamides is 1. The van der Waals surface area contributed by atoms with Crippen molar-refractivity contribution in [2.24, 2.45) is 10.9 Å². The Labute approximate surface area is 110 Å². The SMILES string of the molecule is NCCNC(=O)C(=O)Nc1cccc(S(N)(=O)=O)c1. The Kier molecular flexibility index (Phi) is 4.98. The molecule has 9 heteroatoms. The summed E-state index contributed by atoms with van der Waals surface area (Å²) >= 11 is 0. The molecule has 0 aliphatic rings. The van der Waals surface area contributed by atoms with Crippen LogP contribution in [-0.2, 0) is 19.6 Å².